The SMILES string of the molecule is CCc1cccc(CC)c1C(=O)P(=O)(C(=O)c1c(CC)cccc1CC)c1ccccc1. The van der Waals surface area contributed by atoms with Gasteiger partial charge in [-0.15, -0.1) is 0 Å². The van der Waals surface area contributed by atoms with E-state index in [1.165, 1.54) is 0 Å². The average molecular weight is 447 g/mol. The second kappa shape index (κ2) is 10.2. The molecule has 0 aromatic heterocycles. The number of carbonyl (C=O) groups excluding carboxylic acids is 2. The standard InChI is InChI=1S/C28H31O3P/c1-5-20-14-12-15-21(6-2)25(20)27(29)32(31,24-18-10-9-11-19-24)28(30)26-22(7-3)16-13-17-23(26)8-4/h9-19H,5-8H2,1-4H3. The largest absolute Gasteiger partial charge is 0.302 e. The second-order valence-electron chi connectivity index (χ2n) is 7.87. The molecule has 0 saturated heterocycles. The van der Waals surface area contributed by atoms with Crippen molar-refractivity contribution < 1.29 is 14.2 Å². The van der Waals surface area contributed by atoms with Gasteiger partial charge in [0.05, 0.1) is 0 Å². The number of aryl methyl sites for hydroxylation is 4. The first-order chi connectivity index (χ1) is 15.4. The molecule has 3 aromatic rings. The number of hydrogen-bond acceptors (Lipinski definition) is 3. The summed E-state index contributed by atoms with van der Waals surface area (Å²) in [6.07, 6.45) is 2.51. The fourth-order valence-electron chi connectivity index (χ4n) is 4.31. The zero-order chi connectivity index (χ0) is 23.3. The Labute approximate surface area is 191 Å². The average Bonchev–Trinajstić information content (AvgIpc) is 2.86. The molecule has 0 fully saturated rings. The van der Waals surface area contributed by atoms with Gasteiger partial charge in [-0.25, -0.2) is 0 Å². The van der Waals surface area contributed by atoms with Gasteiger partial charge in [0, 0.05) is 16.4 Å². The van der Waals surface area contributed by atoms with Gasteiger partial charge in [-0.2, -0.15) is 0 Å². The molecule has 0 radical (unpaired) electrons. The highest BCUT2D eigenvalue weighted by Crippen LogP contribution is 2.52. The van der Waals surface area contributed by atoms with E-state index in [0.29, 0.717) is 42.1 Å². The smallest absolute Gasteiger partial charge is 0.248 e. The number of rotatable bonds is 9. The molecule has 0 atom stereocenters. The molecule has 0 heterocycles. The minimum Gasteiger partial charge on any atom is -0.302 e. The maximum atomic E-state index is 14.8. The molecule has 3 nitrogen and oxygen atoms in total. The van der Waals surface area contributed by atoms with E-state index in [2.05, 4.69) is 0 Å². The van der Waals surface area contributed by atoms with Gasteiger partial charge in [0.2, 0.25) is 18.2 Å². The molecule has 3 aromatic carbocycles. The topological polar surface area (TPSA) is 51.2 Å². The van der Waals surface area contributed by atoms with Crippen molar-refractivity contribution in [1.29, 1.82) is 0 Å². The predicted octanol–water partition coefficient (Wildman–Crippen LogP) is 6.61. The summed E-state index contributed by atoms with van der Waals surface area (Å²) in [4.78, 5) is 28.3. The molecule has 32 heavy (non-hydrogen) atoms. The lowest BCUT2D eigenvalue weighted by atomic mass is 9.98. The maximum Gasteiger partial charge on any atom is 0.248 e. The van der Waals surface area contributed by atoms with Gasteiger partial charge in [0.15, 0.2) is 0 Å². The highest BCUT2D eigenvalue weighted by Gasteiger charge is 2.45. The summed E-state index contributed by atoms with van der Waals surface area (Å²) in [5.41, 5.74) is 3.13. The van der Waals surface area contributed by atoms with Crippen LogP contribution in [-0.4, -0.2) is 11.0 Å². The zero-order valence-corrected chi connectivity index (χ0v) is 20.2. The summed E-state index contributed by atoms with van der Waals surface area (Å²) in [5, 5.41) is 0.302. The van der Waals surface area contributed by atoms with Crippen LogP contribution in [0.5, 0.6) is 0 Å². The molecular weight excluding hydrogens is 415 g/mol. The molecule has 0 aliphatic rings. The molecule has 0 bridgehead atoms. The third-order valence-electron chi connectivity index (χ3n) is 6.12. The fraction of sp³-hybridized carbons (Fsp3) is 0.286. The van der Waals surface area contributed by atoms with Crippen LogP contribution in [0.3, 0.4) is 0 Å². The summed E-state index contributed by atoms with van der Waals surface area (Å²) in [7, 11) is -4.14. The summed E-state index contributed by atoms with van der Waals surface area (Å²) < 4.78 is 14.8. The molecule has 0 saturated carbocycles. The fourth-order valence-corrected chi connectivity index (χ4v) is 6.76. The van der Waals surface area contributed by atoms with Crippen LogP contribution in [0.15, 0.2) is 66.7 Å². The number of carbonyl (C=O) groups is 2. The minimum atomic E-state index is -4.14. The third kappa shape index (κ3) is 4.14. The zero-order valence-electron chi connectivity index (χ0n) is 19.4. The first kappa shape index (κ1) is 23.9. The highest BCUT2D eigenvalue weighted by molar-refractivity contribution is 8.01. The normalized spacial score (nSPS) is 11.4. The second-order valence-corrected chi connectivity index (χ2v) is 10.4. The van der Waals surface area contributed by atoms with Crippen molar-refractivity contribution in [2.24, 2.45) is 0 Å². The Morgan fingerprint density at radius 1 is 0.562 bits per heavy atom. The monoisotopic (exact) mass is 446 g/mol. The first-order valence-electron chi connectivity index (χ1n) is 11.4. The van der Waals surface area contributed by atoms with Crippen LogP contribution in [0.25, 0.3) is 0 Å². The van der Waals surface area contributed by atoms with Gasteiger partial charge >= 0.3 is 0 Å². The highest BCUT2D eigenvalue weighted by atomic mass is 31.2. The number of benzene rings is 3. The van der Waals surface area contributed by atoms with Gasteiger partial charge in [-0.1, -0.05) is 94.4 Å². The van der Waals surface area contributed by atoms with Gasteiger partial charge in [-0.05, 0) is 47.9 Å². The van der Waals surface area contributed by atoms with Crippen LogP contribution in [0.4, 0.5) is 0 Å². The van der Waals surface area contributed by atoms with E-state index in [0.717, 1.165) is 22.3 Å². The van der Waals surface area contributed by atoms with E-state index in [-0.39, 0.29) is 0 Å². The lowest BCUT2D eigenvalue weighted by Crippen LogP contribution is -2.23. The molecule has 0 amide bonds. The third-order valence-corrected chi connectivity index (χ3v) is 8.73. The maximum absolute atomic E-state index is 14.8. The molecule has 0 spiro atoms. The van der Waals surface area contributed by atoms with Crippen LogP contribution in [0.1, 0.15) is 70.7 Å². The van der Waals surface area contributed by atoms with Gasteiger partial charge in [-0.3, -0.25) is 9.59 Å². The molecule has 3 rings (SSSR count). The van der Waals surface area contributed by atoms with E-state index in [4.69, 9.17) is 0 Å². The van der Waals surface area contributed by atoms with Crippen molar-refractivity contribution in [2.45, 2.75) is 53.4 Å². The summed E-state index contributed by atoms with van der Waals surface area (Å²) >= 11 is 0. The molecule has 166 valence electrons. The van der Waals surface area contributed by atoms with Crippen LogP contribution < -0.4 is 5.30 Å². The lowest BCUT2D eigenvalue weighted by molar-refractivity contribution is 0.103. The summed E-state index contributed by atoms with van der Waals surface area (Å²) in [6, 6.07) is 20.0. The van der Waals surface area contributed by atoms with E-state index in [1.54, 1.807) is 30.3 Å². The van der Waals surface area contributed by atoms with Crippen molar-refractivity contribution in [3.8, 4) is 0 Å². The Hall–Kier alpha value is -2.77. The van der Waals surface area contributed by atoms with Crippen LogP contribution in [0.2, 0.25) is 0 Å². The van der Waals surface area contributed by atoms with E-state index in [9.17, 15) is 14.2 Å². The van der Waals surface area contributed by atoms with E-state index < -0.39 is 18.2 Å². The van der Waals surface area contributed by atoms with Crippen molar-refractivity contribution in [3.63, 3.8) is 0 Å². The Balaban J connectivity index is 2.34. The van der Waals surface area contributed by atoms with Gasteiger partial charge < -0.3 is 4.57 Å². The Morgan fingerprint density at radius 2 is 0.906 bits per heavy atom. The Morgan fingerprint density at radius 3 is 1.22 bits per heavy atom. The quantitative estimate of drug-likeness (QED) is 0.348. The molecule has 0 unspecified atom stereocenters. The van der Waals surface area contributed by atoms with Crippen LogP contribution in [0, 0.1) is 0 Å². The molecule has 0 N–H and O–H groups in total. The molecular formula is C28H31O3P. The molecule has 0 aliphatic carbocycles. The van der Waals surface area contributed by atoms with Crippen LogP contribution in [-0.2, 0) is 30.2 Å². The minimum absolute atomic E-state index is 0.302. The van der Waals surface area contributed by atoms with Crippen molar-refractivity contribution >= 4 is 23.5 Å². The summed E-state index contributed by atoms with van der Waals surface area (Å²) in [6.45, 7) is 7.90. The van der Waals surface area contributed by atoms with Crippen LogP contribution >= 0.6 is 7.14 Å². The Bertz CT molecular complexity index is 1060. The van der Waals surface area contributed by atoms with Gasteiger partial charge in [0.25, 0.3) is 0 Å². The van der Waals surface area contributed by atoms with Crippen molar-refractivity contribution in [1.82, 2.24) is 0 Å². The van der Waals surface area contributed by atoms with Crippen molar-refractivity contribution in [3.05, 3.63) is 100 Å². The molecule has 0 aliphatic heterocycles. The van der Waals surface area contributed by atoms with Gasteiger partial charge in [0.1, 0.15) is 0 Å². The van der Waals surface area contributed by atoms with E-state index >= 15 is 0 Å². The lowest BCUT2D eigenvalue weighted by Gasteiger charge is -2.22. The number of hydrogen-bond donors (Lipinski definition) is 0. The molecule has 4 heteroatoms. The van der Waals surface area contributed by atoms with Crippen molar-refractivity contribution in [2.75, 3.05) is 0 Å². The Kier molecular flexibility index (Phi) is 7.64. The first-order valence-corrected chi connectivity index (χ1v) is 13.1. The van der Waals surface area contributed by atoms with E-state index in [1.807, 2.05) is 64.1 Å². The summed E-state index contributed by atoms with van der Waals surface area (Å²) in [5.74, 6) is 0. The predicted molar refractivity (Wildman–Crippen MR) is 133 cm³/mol.